The van der Waals surface area contributed by atoms with Gasteiger partial charge in [0.2, 0.25) is 10.0 Å². The molecule has 0 atom stereocenters. The zero-order valence-electron chi connectivity index (χ0n) is 18.3. The number of esters is 1. The quantitative estimate of drug-likeness (QED) is 0.470. The van der Waals surface area contributed by atoms with E-state index in [0.29, 0.717) is 24.3 Å². The molecule has 1 aliphatic rings. The number of carbonyl (C=O) groups excluding carboxylic acids is 3. The molecule has 0 saturated carbocycles. The molecule has 1 aliphatic heterocycles. The summed E-state index contributed by atoms with van der Waals surface area (Å²) < 4.78 is 37.4. The van der Waals surface area contributed by atoms with Crippen LogP contribution in [0, 0.1) is 13.8 Å². The molecule has 11 heteroatoms. The number of hydrazine groups is 1. The van der Waals surface area contributed by atoms with Crippen LogP contribution in [0.3, 0.4) is 0 Å². The van der Waals surface area contributed by atoms with Gasteiger partial charge < -0.3 is 9.47 Å². The average molecular weight is 476 g/mol. The van der Waals surface area contributed by atoms with Crippen LogP contribution in [0.25, 0.3) is 0 Å². The van der Waals surface area contributed by atoms with E-state index in [0.717, 1.165) is 5.56 Å². The number of aryl methyl sites for hydroxylation is 2. The molecule has 0 bridgehead atoms. The third-order valence-corrected chi connectivity index (χ3v) is 7.02. The van der Waals surface area contributed by atoms with Gasteiger partial charge >= 0.3 is 5.97 Å². The first kappa shape index (κ1) is 24.4. The molecule has 176 valence electrons. The number of nitrogens with one attached hydrogen (secondary N) is 2. The lowest BCUT2D eigenvalue weighted by Crippen LogP contribution is -2.43. The van der Waals surface area contributed by atoms with Crippen LogP contribution in [0.2, 0.25) is 0 Å². The van der Waals surface area contributed by atoms with Crippen molar-refractivity contribution in [3.8, 4) is 0 Å². The third-order valence-electron chi connectivity index (χ3n) is 4.98. The van der Waals surface area contributed by atoms with Crippen LogP contribution < -0.4 is 10.9 Å². The number of morpholine rings is 1. The van der Waals surface area contributed by atoms with Gasteiger partial charge in [0.1, 0.15) is 0 Å². The SMILES string of the molecule is Cc1ccc(C(=O)NNC(=O)COC(=O)c2ccc(C)c(S(=O)(=O)N3CCOCC3)c2)cc1. The maximum atomic E-state index is 12.9. The van der Waals surface area contributed by atoms with Gasteiger partial charge in [-0.15, -0.1) is 0 Å². The molecule has 0 radical (unpaired) electrons. The number of benzene rings is 2. The highest BCUT2D eigenvalue weighted by Gasteiger charge is 2.28. The highest BCUT2D eigenvalue weighted by molar-refractivity contribution is 7.89. The molecule has 3 rings (SSSR count). The summed E-state index contributed by atoms with van der Waals surface area (Å²) in [5, 5.41) is 0. The average Bonchev–Trinajstić information content (AvgIpc) is 2.82. The molecule has 2 amide bonds. The Hall–Kier alpha value is -3.28. The van der Waals surface area contributed by atoms with Crippen LogP contribution >= 0.6 is 0 Å². The second-order valence-electron chi connectivity index (χ2n) is 7.44. The summed E-state index contributed by atoms with van der Waals surface area (Å²) in [5.74, 6) is -2.14. The van der Waals surface area contributed by atoms with Gasteiger partial charge in [-0.2, -0.15) is 4.31 Å². The van der Waals surface area contributed by atoms with E-state index in [2.05, 4.69) is 10.9 Å². The number of rotatable bonds is 6. The van der Waals surface area contributed by atoms with Crippen molar-refractivity contribution in [1.82, 2.24) is 15.2 Å². The minimum absolute atomic E-state index is 0.00587. The minimum atomic E-state index is -3.81. The number of ether oxygens (including phenoxy) is 2. The number of amides is 2. The summed E-state index contributed by atoms with van der Waals surface area (Å²) in [6.45, 7) is 3.91. The summed E-state index contributed by atoms with van der Waals surface area (Å²) in [6, 6.07) is 10.9. The molecule has 0 aromatic heterocycles. The summed E-state index contributed by atoms with van der Waals surface area (Å²) in [5.41, 5.74) is 6.20. The molecule has 1 heterocycles. The van der Waals surface area contributed by atoms with Crippen molar-refractivity contribution in [2.75, 3.05) is 32.9 Å². The van der Waals surface area contributed by atoms with Gasteiger partial charge in [0.15, 0.2) is 6.61 Å². The number of carbonyl (C=O) groups is 3. The predicted octanol–water partition coefficient (Wildman–Crippen LogP) is 0.942. The molecule has 2 aromatic rings. The van der Waals surface area contributed by atoms with Gasteiger partial charge in [-0.3, -0.25) is 20.4 Å². The van der Waals surface area contributed by atoms with Crippen LogP contribution in [0.5, 0.6) is 0 Å². The summed E-state index contributed by atoms with van der Waals surface area (Å²) in [6.07, 6.45) is 0. The Morgan fingerprint density at radius 2 is 1.61 bits per heavy atom. The largest absolute Gasteiger partial charge is 0.452 e. The molecule has 2 aromatic carbocycles. The van der Waals surface area contributed by atoms with Crippen molar-refractivity contribution in [3.05, 3.63) is 64.7 Å². The van der Waals surface area contributed by atoms with Gasteiger partial charge in [-0.1, -0.05) is 23.8 Å². The molecular formula is C22H25N3O7S. The van der Waals surface area contributed by atoms with Crippen molar-refractivity contribution >= 4 is 27.8 Å². The van der Waals surface area contributed by atoms with E-state index in [9.17, 15) is 22.8 Å². The first-order chi connectivity index (χ1) is 15.7. The summed E-state index contributed by atoms with van der Waals surface area (Å²) >= 11 is 0. The van der Waals surface area contributed by atoms with Gasteiger partial charge in [0, 0.05) is 18.7 Å². The minimum Gasteiger partial charge on any atom is -0.452 e. The number of hydrogen-bond acceptors (Lipinski definition) is 7. The van der Waals surface area contributed by atoms with Crippen LogP contribution in [-0.4, -0.2) is 63.4 Å². The number of nitrogens with zero attached hydrogens (tertiary/aromatic N) is 1. The van der Waals surface area contributed by atoms with E-state index >= 15 is 0 Å². The Kier molecular flexibility index (Phi) is 7.79. The second kappa shape index (κ2) is 10.6. The lowest BCUT2D eigenvalue weighted by atomic mass is 10.1. The van der Waals surface area contributed by atoms with Crippen molar-refractivity contribution in [3.63, 3.8) is 0 Å². The van der Waals surface area contributed by atoms with E-state index in [1.165, 1.54) is 22.5 Å². The Bertz CT molecular complexity index is 1140. The van der Waals surface area contributed by atoms with Gasteiger partial charge in [0.05, 0.1) is 23.7 Å². The topological polar surface area (TPSA) is 131 Å². The lowest BCUT2D eigenvalue weighted by molar-refractivity contribution is -0.125. The molecule has 10 nitrogen and oxygen atoms in total. The van der Waals surface area contributed by atoms with E-state index < -0.39 is 34.4 Å². The Morgan fingerprint density at radius 1 is 0.970 bits per heavy atom. The molecule has 33 heavy (non-hydrogen) atoms. The van der Waals surface area contributed by atoms with E-state index in [1.54, 1.807) is 31.2 Å². The fourth-order valence-corrected chi connectivity index (χ4v) is 4.74. The maximum Gasteiger partial charge on any atom is 0.338 e. The lowest BCUT2D eigenvalue weighted by Gasteiger charge is -2.26. The van der Waals surface area contributed by atoms with Crippen LogP contribution in [-0.2, 0) is 24.3 Å². The zero-order chi connectivity index (χ0) is 24.0. The van der Waals surface area contributed by atoms with Gasteiger partial charge in [-0.25, -0.2) is 13.2 Å². The number of sulfonamides is 1. The van der Waals surface area contributed by atoms with Crippen LogP contribution in [0.4, 0.5) is 0 Å². The van der Waals surface area contributed by atoms with E-state index in [1.807, 2.05) is 6.92 Å². The predicted molar refractivity (Wildman–Crippen MR) is 118 cm³/mol. The fraction of sp³-hybridized carbons (Fsp3) is 0.318. The molecule has 0 spiro atoms. The smallest absolute Gasteiger partial charge is 0.338 e. The van der Waals surface area contributed by atoms with Crippen molar-refractivity contribution in [2.45, 2.75) is 18.7 Å². The Balaban J connectivity index is 1.57. The molecule has 0 unspecified atom stereocenters. The standard InChI is InChI=1S/C22H25N3O7S/c1-15-3-6-17(7-4-15)21(27)24-23-20(26)14-32-22(28)18-8-5-16(2)19(13-18)33(29,30)25-9-11-31-12-10-25/h3-8,13H,9-12,14H2,1-2H3,(H,23,26)(H,24,27). The first-order valence-corrected chi connectivity index (χ1v) is 11.6. The normalized spacial score (nSPS) is 14.4. The van der Waals surface area contributed by atoms with Crippen LogP contribution in [0.1, 0.15) is 31.8 Å². The molecule has 0 aliphatic carbocycles. The van der Waals surface area contributed by atoms with Crippen molar-refractivity contribution in [2.24, 2.45) is 0 Å². The first-order valence-electron chi connectivity index (χ1n) is 10.2. The molecule has 1 saturated heterocycles. The van der Waals surface area contributed by atoms with Crippen molar-refractivity contribution in [1.29, 1.82) is 0 Å². The van der Waals surface area contributed by atoms with Crippen molar-refractivity contribution < 1.29 is 32.3 Å². The highest BCUT2D eigenvalue weighted by atomic mass is 32.2. The third kappa shape index (κ3) is 6.15. The summed E-state index contributed by atoms with van der Waals surface area (Å²) in [4.78, 5) is 36.3. The summed E-state index contributed by atoms with van der Waals surface area (Å²) in [7, 11) is -3.81. The Labute approximate surface area is 191 Å². The maximum absolute atomic E-state index is 12.9. The van der Waals surface area contributed by atoms with E-state index in [-0.39, 0.29) is 23.5 Å². The Morgan fingerprint density at radius 3 is 2.27 bits per heavy atom. The second-order valence-corrected chi connectivity index (χ2v) is 9.35. The van der Waals surface area contributed by atoms with Crippen LogP contribution in [0.15, 0.2) is 47.4 Å². The monoisotopic (exact) mass is 475 g/mol. The zero-order valence-corrected chi connectivity index (χ0v) is 19.1. The van der Waals surface area contributed by atoms with E-state index in [4.69, 9.17) is 9.47 Å². The molecule has 1 fully saturated rings. The van der Waals surface area contributed by atoms with Gasteiger partial charge in [0.25, 0.3) is 11.8 Å². The molecule has 2 N–H and O–H groups in total. The number of hydrogen-bond donors (Lipinski definition) is 2. The highest BCUT2D eigenvalue weighted by Crippen LogP contribution is 2.22. The van der Waals surface area contributed by atoms with Gasteiger partial charge in [-0.05, 0) is 43.7 Å². The fourth-order valence-electron chi connectivity index (χ4n) is 3.09. The molecular weight excluding hydrogens is 450 g/mol.